The van der Waals surface area contributed by atoms with Crippen molar-refractivity contribution in [2.45, 2.75) is 57.6 Å². The Morgan fingerprint density at radius 2 is 2.00 bits per heavy atom. The first-order valence-corrected chi connectivity index (χ1v) is 9.44. The number of hydrogen-bond donors (Lipinski definition) is 0. The third-order valence-electron chi connectivity index (χ3n) is 4.30. The molecule has 0 saturated carbocycles. The summed E-state index contributed by atoms with van der Waals surface area (Å²) >= 11 is 4.48. The molecule has 4 heteroatoms. The maximum absolute atomic E-state index is 2.43. The molecule has 1 atom stereocenters. The van der Waals surface area contributed by atoms with E-state index in [-0.39, 0.29) is 24.8 Å². The van der Waals surface area contributed by atoms with Gasteiger partial charge in [0.15, 0.2) is 0 Å². The van der Waals surface area contributed by atoms with Crippen LogP contribution in [0.1, 0.15) is 52.9 Å². The van der Waals surface area contributed by atoms with Gasteiger partial charge in [0.25, 0.3) is 0 Å². The van der Waals surface area contributed by atoms with E-state index >= 15 is 0 Å². The Morgan fingerprint density at radius 3 is 2.55 bits per heavy atom. The van der Waals surface area contributed by atoms with Gasteiger partial charge >= 0.3 is 140 Å². The van der Waals surface area contributed by atoms with E-state index < -0.39 is 0 Å². The van der Waals surface area contributed by atoms with Gasteiger partial charge < -0.3 is 24.8 Å². The molecule has 0 aromatic heterocycles. The summed E-state index contributed by atoms with van der Waals surface area (Å²) in [6.45, 7) is 6.85. The number of rotatable bonds is 6. The molecular weight excluding hydrogens is 367 g/mol. The average molecular weight is 392 g/mol. The molecule has 0 N–H and O–H groups in total. The van der Waals surface area contributed by atoms with Crippen molar-refractivity contribution in [2.75, 3.05) is 5.75 Å². The molecule has 22 heavy (non-hydrogen) atoms. The molecule has 2 rings (SSSR count). The molecule has 0 aliphatic heterocycles. The van der Waals surface area contributed by atoms with E-state index in [0.717, 1.165) is 6.42 Å². The van der Waals surface area contributed by atoms with Gasteiger partial charge in [-0.15, -0.1) is 0 Å². The number of thioether (sulfide) groups is 1. The molecular formula is C18H25Cl2STi. The Morgan fingerprint density at radius 1 is 1.27 bits per heavy atom. The zero-order valence-corrected chi connectivity index (χ0v) is 17.6. The molecule has 1 unspecified atom stereocenters. The summed E-state index contributed by atoms with van der Waals surface area (Å²) in [7, 11) is 0. The van der Waals surface area contributed by atoms with E-state index in [1.165, 1.54) is 37.0 Å². The smallest absolute Gasteiger partial charge is 1.00 e. The first-order chi connectivity index (χ1) is 9.57. The Hall–Kier alpha value is 0.604. The average Bonchev–Trinajstić information content (AvgIpc) is 2.80. The molecule has 0 fully saturated rings. The van der Waals surface area contributed by atoms with Crippen molar-refractivity contribution in [3.8, 4) is 0 Å². The van der Waals surface area contributed by atoms with Gasteiger partial charge in [-0.1, -0.05) is 0 Å². The molecule has 2 aliphatic rings. The van der Waals surface area contributed by atoms with Crippen LogP contribution in [-0.4, -0.2) is 10.5 Å². The van der Waals surface area contributed by atoms with Crippen molar-refractivity contribution in [2.24, 2.45) is 0 Å². The summed E-state index contributed by atoms with van der Waals surface area (Å²) in [5.41, 5.74) is 4.58. The van der Waals surface area contributed by atoms with Crippen molar-refractivity contribution < 1.29 is 45.2 Å². The monoisotopic (exact) mass is 391 g/mol. The van der Waals surface area contributed by atoms with Crippen LogP contribution in [0.25, 0.3) is 0 Å². The fraction of sp³-hybridized carbons (Fsp3) is 0.556. The van der Waals surface area contributed by atoms with Gasteiger partial charge in [0.1, 0.15) is 0 Å². The van der Waals surface area contributed by atoms with E-state index in [2.05, 4.69) is 77.3 Å². The molecule has 0 nitrogen and oxygen atoms in total. The van der Waals surface area contributed by atoms with Crippen molar-refractivity contribution >= 4 is 11.8 Å². The second-order valence-corrected chi connectivity index (χ2v) is 8.38. The largest absolute Gasteiger partial charge is 1.00 e. The van der Waals surface area contributed by atoms with Gasteiger partial charge in [-0.3, -0.25) is 0 Å². The molecule has 0 radical (unpaired) electrons. The van der Waals surface area contributed by atoms with E-state index in [0.29, 0.717) is 4.75 Å². The van der Waals surface area contributed by atoms with Crippen LogP contribution in [-0.2, 0) is 20.4 Å². The zero-order chi connectivity index (χ0) is 14.6. The van der Waals surface area contributed by atoms with Crippen LogP contribution in [0.15, 0.2) is 44.9 Å². The minimum absolute atomic E-state index is 0. The van der Waals surface area contributed by atoms with Crippen LogP contribution in [0, 0.1) is 0 Å². The van der Waals surface area contributed by atoms with Gasteiger partial charge in [-0.2, -0.15) is 0 Å². The fourth-order valence-electron chi connectivity index (χ4n) is 2.89. The van der Waals surface area contributed by atoms with Crippen LogP contribution >= 0.6 is 11.8 Å². The van der Waals surface area contributed by atoms with Crippen molar-refractivity contribution in [3.63, 3.8) is 0 Å². The van der Waals surface area contributed by atoms with E-state index in [4.69, 9.17) is 0 Å². The number of unbranched alkanes of at least 4 members (excludes halogenated alkanes) is 1. The number of hydrogen-bond acceptors (Lipinski definition) is 1. The van der Waals surface area contributed by atoms with Gasteiger partial charge in [0.05, 0.1) is 0 Å². The number of halogens is 2. The van der Waals surface area contributed by atoms with Gasteiger partial charge in [0.2, 0.25) is 0 Å². The van der Waals surface area contributed by atoms with E-state index in [9.17, 15) is 0 Å². The molecule has 0 saturated heterocycles. The maximum atomic E-state index is 2.43. The second kappa shape index (κ2) is 10.5. The third kappa shape index (κ3) is 5.60. The van der Waals surface area contributed by atoms with Crippen LogP contribution in [0.3, 0.4) is 0 Å². The van der Waals surface area contributed by atoms with Crippen LogP contribution in [0.2, 0.25) is 0 Å². The topological polar surface area (TPSA) is 0 Å². The van der Waals surface area contributed by atoms with Crippen molar-refractivity contribution in [3.05, 3.63) is 44.9 Å². The Bertz CT molecular complexity index is 491. The Labute approximate surface area is 164 Å². The SMILES string of the molecule is CCCCSC1(CC2=[C]([Ti+2])CC=C2)CC=C(C)C=C1C.[Cl-].[Cl-]. The summed E-state index contributed by atoms with van der Waals surface area (Å²) in [5, 5.41) is 0. The predicted octanol–water partition coefficient (Wildman–Crippen LogP) is -0.286. The Balaban J connectivity index is 0.00000220. The van der Waals surface area contributed by atoms with Crippen LogP contribution < -0.4 is 24.8 Å². The first kappa shape index (κ1) is 22.6. The standard InChI is InChI=1S/C18H25S.2ClH.Ti/c1-4-5-12-19-18(14-17-8-6-7-9-17)11-10-15(2)13-16(18)3;;;/h6,8,10,13H,4-5,7,11-12,14H2,1-3H3;2*1H;/q;;;+2/p-2. The van der Waals surface area contributed by atoms with Gasteiger partial charge in [-0.25, -0.2) is 0 Å². The molecule has 0 aromatic carbocycles. The van der Waals surface area contributed by atoms with Crippen molar-refractivity contribution in [1.82, 2.24) is 0 Å². The van der Waals surface area contributed by atoms with Gasteiger partial charge in [-0.05, 0) is 0 Å². The summed E-state index contributed by atoms with van der Waals surface area (Å²) in [6, 6.07) is 0. The first-order valence-electron chi connectivity index (χ1n) is 7.67. The van der Waals surface area contributed by atoms with Crippen LogP contribution in [0.5, 0.6) is 0 Å². The summed E-state index contributed by atoms with van der Waals surface area (Å²) in [4.78, 5) is 0. The van der Waals surface area contributed by atoms with Crippen LogP contribution in [0.4, 0.5) is 0 Å². The molecule has 0 aromatic rings. The van der Waals surface area contributed by atoms with E-state index in [1.54, 1.807) is 15.0 Å². The minimum atomic E-state index is 0. The minimum Gasteiger partial charge on any atom is -1.00 e. The molecule has 0 heterocycles. The second-order valence-electron chi connectivity index (χ2n) is 5.96. The molecule has 2 aliphatic carbocycles. The normalized spacial score (nSPS) is 23.7. The molecule has 0 spiro atoms. The molecule has 121 valence electrons. The molecule has 0 bridgehead atoms. The predicted molar refractivity (Wildman–Crippen MR) is 87.6 cm³/mol. The molecule has 0 amide bonds. The summed E-state index contributed by atoms with van der Waals surface area (Å²) in [5.74, 6) is 1.28. The Kier molecular flexibility index (Phi) is 10.8. The summed E-state index contributed by atoms with van der Waals surface area (Å²) in [6.07, 6.45) is 15.7. The zero-order valence-electron chi connectivity index (χ0n) is 13.7. The quantitative estimate of drug-likeness (QED) is 0.443. The number of allylic oxidation sites excluding steroid dienone is 7. The van der Waals surface area contributed by atoms with Gasteiger partial charge in [0, 0.05) is 0 Å². The van der Waals surface area contributed by atoms with Crippen molar-refractivity contribution in [1.29, 1.82) is 0 Å². The van der Waals surface area contributed by atoms with E-state index in [1.807, 2.05) is 0 Å². The maximum Gasteiger partial charge on any atom is -1.00 e. The third-order valence-corrected chi connectivity index (χ3v) is 6.80. The fourth-order valence-corrected chi connectivity index (χ4v) is 4.91. The summed E-state index contributed by atoms with van der Waals surface area (Å²) < 4.78 is 1.87.